The highest BCUT2D eigenvalue weighted by molar-refractivity contribution is 5.64. The van der Waals surface area contributed by atoms with Crippen LogP contribution in [-0.2, 0) is 4.74 Å². The zero-order valence-corrected chi connectivity index (χ0v) is 5.90. The van der Waals surface area contributed by atoms with Crippen molar-refractivity contribution >= 4 is 6.09 Å². The van der Waals surface area contributed by atoms with E-state index in [9.17, 15) is 9.70 Å². The predicted molar refractivity (Wildman–Crippen MR) is 36.4 cm³/mol. The minimum atomic E-state index is -0.803. The van der Waals surface area contributed by atoms with E-state index in [0.717, 1.165) is 0 Å². The minimum absolute atomic E-state index is 0.273. The summed E-state index contributed by atoms with van der Waals surface area (Å²) in [6, 6.07) is 0. The van der Waals surface area contributed by atoms with Crippen molar-refractivity contribution in [3.05, 3.63) is 4.91 Å². The standard InChI is InChI=1S/C5H9N3O3/c6-5(9)11-4-1-2-8(3-4)7-10/h4H,1-3H2,(H2,6,9)/t4-/m1/s1. The summed E-state index contributed by atoms with van der Waals surface area (Å²) in [5.74, 6) is 0. The Morgan fingerprint density at radius 1 is 1.73 bits per heavy atom. The second-order valence-corrected chi connectivity index (χ2v) is 2.34. The highest BCUT2D eigenvalue weighted by Crippen LogP contribution is 2.11. The van der Waals surface area contributed by atoms with Gasteiger partial charge in [-0.15, -0.1) is 4.91 Å². The Balaban J connectivity index is 2.29. The molecule has 11 heavy (non-hydrogen) atoms. The van der Waals surface area contributed by atoms with Crippen LogP contribution in [0.2, 0.25) is 0 Å². The number of primary amides is 1. The van der Waals surface area contributed by atoms with Crippen LogP contribution in [0, 0.1) is 4.91 Å². The first-order valence-electron chi connectivity index (χ1n) is 3.26. The molecular formula is C5H9N3O3. The summed E-state index contributed by atoms with van der Waals surface area (Å²) in [6.07, 6.45) is -0.456. The van der Waals surface area contributed by atoms with Crippen molar-refractivity contribution in [3.8, 4) is 0 Å². The molecule has 0 aliphatic carbocycles. The second-order valence-electron chi connectivity index (χ2n) is 2.34. The van der Waals surface area contributed by atoms with Crippen molar-refractivity contribution < 1.29 is 9.53 Å². The first-order valence-corrected chi connectivity index (χ1v) is 3.26. The Kier molecular flexibility index (Phi) is 2.25. The fourth-order valence-corrected chi connectivity index (χ4v) is 1.05. The molecule has 1 amide bonds. The van der Waals surface area contributed by atoms with E-state index in [2.05, 4.69) is 10.0 Å². The van der Waals surface area contributed by atoms with Crippen LogP contribution in [0.4, 0.5) is 4.79 Å². The topological polar surface area (TPSA) is 85.0 Å². The van der Waals surface area contributed by atoms with Gasteiger partial charge in [-0.25, -0.2) is 4.79 Å². The molecule has 6 heteroatoms. The van der Waals surface area contributed by atoms with Gasteiger partial charge in [0, 0.05) is 13.0 Å². The molecule has 0 aromatic rings. The lowest BCUT2D eigenvalue weighted by Gasteiger charge is -2.08. The highest BCUT2D eigenvalue weighted by atomic mass is 16.6. The molecule has 0 aromatic carbocycles. The number of hydrogen-bond acceptors (Lipinski definition) is 4. The first-order chi connectivity index (χ1) is 5.22. The third kappa shape index (κ3) is 2.06. The Hall–Kier alpha value is -1.33. The summed E-state index contributed by atoms with van der Waals surface area (Å²) in [4.78, 5) is 20.2. The van der Waals surface area contributed by atoms with Crippen LogP contribution in [0.5, 0.6) is 0 Å². The molecule has 0 unspecified atom stereocenters. The number of hydrogen-bond donors (Lipinski definition) is 1. The highest BCUT2D eigenvalue weighted by Gasteiger charge is 2.24. The lowest BCUT2D eigenvalue weighted by Crippen LogP contribution is -2.24. The Labute approximate surface area is 63.2 Å². The first kappa shape index (κ1) is 7.77. The Morgan fingerprint density at radius 3 is 2.91 bits per heavy atom. The van der Waals surface area contributed by atoms with Crippen LogP contribution >= 0.6 is 0 Å². The smallest absolute Gasteiger partial charge is 0.404 e. The molecule has 1 heterocycles. The normalized spacial score (nSPS) is 23.3. The van der Waals surface area contributed by atoms with Crippen LogP contribution in [0.3, 0.4) is 0 Å². The molecule has 0 spiro atoms. The predicted octanol–water partition coefficient (Wildman–Crippen LogP) is -0.163. The van der Waals surface area contributed by atoms with Gasteiger partial charge in [-0.05, 0) is 0 Å². The van der Waals surface area contributed by atoms with Gasteiger partial charge in [0.2, 0.25) is 0 Å². The summed E-state index contributed by atoms with van der Waals surface area (Å²) in [7, 11) is 0. The molecule has 0 bridgehead atoms. The fraction of sp³-hybridized carbons (Fsp3) is 0.800. The quantitative estimate of drug-likeness (QED) is 0.567. The van der Waals surface area contributed by atoms with Crippen LogP contribution in [0.1, 0.15) is 6.42 Å². The van der Waals surface area contributed by atoms with E-state index in [1.165, 1.54) is 5.01 Å². The van der Waals surface area contributed by atoms with E-state index in [-0.39, 0.29) is 6.10 Å². The third-order valence-corrected chi connectivity index (χ3v) is 1.52. The van der Waals surface area contributed by atoms with Gasteiger partial charge in [0.15, 0.2) is 0 Å². The molecule has 0 aromatic heterocycles. The number of carbonyl (C=O) groups excluding carboxylic acids is 1. The van der Waals surface area contributed by atoms with Crippen LogP contribution in [-0.4, -0.2) is 30.3 Å². The van der Waals surface area contributed by atoms with Crippen LogP contribution < -0.4 is 5.73 Å². The molecule has 1 atom stereocenters. The Bertz CT molecular complexity index is 172. The van der Waals surface area contributed by atoms with Gasteiger partial charge >= 0.3 is 6.09 Å². The van der Waals surface area contributed by atoms with Gasteiger partial charge in [0.05, 0.1) is 11.8 Å². The third-order valence-electron chi connectivity index (χ3n) is 1.52. The van der Waals surface area contributed by atoms with E-state index < -0.39 is 6.09 Å². The number of nitrogens with two attached hydrogens (primary N) is 1. The average Bonchev–Trinajstić information content (AvgIpc) is 2.34. The summed E-state index contributed by atoms with van der Waals surface area (Å²) in [5, 5.41) is 4.00. The largest absolute Gasteiger partial charge is 0.444 e. The average molecular weight is 159 g/mol. The molecule has 1 saturated heterocycles. The molecule has 1 rings (SSSR count). The lowest BCUT2D eigenvalue weighted by molar-refractivity contribution is 0.109. The molecular weight excluding hydrogens is 150 g/mol. The molecule has 1 fully saturated rings. The van der Waals surface area contributed by atoms with E-state index in [4.69, 9.17) is 5.73 Å². The van der Waals surface area contributed by atoms with Gasteiger partial charge in [-0.1, -0.05) is 0 Å². The molecule has 2 N–H and O–H groups in total. The van der Waals surface area contributed by atoms with Gasteiger partial charge < -0.3 is 10.5 Å². The van der Waals surface area contributed by atoms with E-state index in [1.807, 2.05) is 0 Å². The van der Waals surface area contributed by atoms with Gasteiger partial charge in [0.1, 0.15) is 6.10 Å². The molecule has 1 aliphatic heterocycles. The summed E-state index contributed by atoms with van der Waals surface area (Å²) in [6.45, 7) is 0.883. The summed E-state index contributed by atoms with van der Waals surface area (Å²) >= 11 is 0. The monoisotopic (exact) mass is 159 g/mol. The van der Waals surface area contributed by atoms with Crippen LogP contribution in [0.25, 0.3) is 0 Å². The number of nitroso groups, excluding NO2 is 1. The van der Waals surface area contributed by atoms with E-state index in [1.54, 1.807) is 0 Å². The van der Waals surface area contributed by atoms with Crippen molar-refractivity contribution in [2.24, 2.45) is 11.0 Å². The van der Waals surface area contributed by atoms with E-state index >= 15 is 0 Å². The number of rotatable bonds is 2. The maximum Gasteiger partial charge on any atom is 0.404 e. The fourth-order valence-electron chi connectivity index (χ4n) is 1.05. The summed E-state index contributed by atoms with van der Waals surface area (Å²) in [5.41, 5.74) is 4.77. The maximum absolute atomic E-state index is 10.2. The zero-order chi connectivity index (χ0) is 8.27. The summed E-state index contributed by atoms with van der Waals surface area (Å²) < 4.78 is 4.64. The Morgan fingerprint density at radius 2 is 2.45 bits per heavy atom. The zero-order valence-electron chi connectivity index (χ0n) is 5.90. The van der Waals surface area contributed by atoms with Crippen LogP contribution in [0.15, 0.2) is 5.29 Å². The van der Waals surface area contributed by atoms with E-state index in [0.29, 0.717) is 19.5 Å². The van der Waals surface area contributed by atoms with Crippen molar-refractivity contribution in [3.63, 3.8) is 0 Å². The minimum Gasteiger partial charge on any atom is -0.444 e. The molecule has 1 aliphatic rings. The number of ether oxygens (including phenoxy) is 1. The van der Waals surface area contributed by atoms with Crippen molar-refractivity contribution in [1.29, 1.82) is 0 Å². The maximum atomic E-state index is 10.2. The molecule has 6 nitrogen and oxygen atoms in total. The van der Waals surface area contributed by atoms with Crippen molar-refractivity contribution in [2.75, 3.05) is 13.1 Å². The number of nitrogens with zero attached hydrogens (tertiary/aromatic N) is 2. The molecule has 0 radical (unpaired) electrons. The van der Waals surface area contributed by atoms with Crippen molar-refractivity contribution in [1.82, 2.24) is 5.01 Å². The SMILES string of the molecule is NC(=O)O[C@@H]1CCN(N=O)C1. The van der Waals surface area contributed by atoms with Gasteiger partial charge in [-0.3, -0.25) is 5.01 Å². The van der Waals surface area contributed by atoms with Crippen molar-refractivity contribution in [2.45, 2.75) is 12.5 Å². The number of carbonyl (C=O) groups is 1. The molecule has 0 saturated carbocycles. The number of amides is 1. The van der Waals surface area contributed by atoms with Gasteiger partial charge in [0.25, 0.3) is 0 Å². The lowest BCUT2D eigenvalue weighted by atomic mass is 10.3. The van der Waals surface area contributed by atoms with Gasteiger partial charge in [-0.2, -0.15) is 0 Å². The molecule has 62 valence electrons. The second kappa shape index (κ2) is 3.18.